The van der Waals surface area contributed by atoms with E-state index >= 15 is 0 Å². The number of piperidine rings is 1. The first kappa shape index (κ1) is 13.9. The second-order valence-electron chi connectivity index (χ2n) is 4.87. The normalized spacial score (nSPS) is 19.2. The first-order chi connectivity index (χ1) is 9.08. The molecule has 5 nitrogen and oxygen atoms in total. The van der Waals surface area contributed by atoms with E-state index in [1.165, 1.54) is 10.4 Å². The lowest BCUT2D eigenvalue weighted by molar-refractivity contribution is -0.126. The summed E-state index contributed by atoms with van der Waals surface area (Å²) in [5.74, 6) is -0.125. The predicted molar refractivity (Wildman–Crippen MR) is 74.8 cm³/mol. The number of nitrogens with two attached hydrogens (primary N) is 1. The molecule has 1 saturated heterocycles. The summed E-state index contributed by atoms with van der Waals surface area (Å²) in [6, 6.07) is 1.60. The van der Waals surface area contributed by atoms with Crippen molar-refractivity contribution in [2.45, 2.75) is 26.3 Å². The maximum Gasteiger partial charge on any atom is 0.314 e. The Labute approximate surface area is 116 Å². The summed E-state index contributed by atoms with van der Waals surface area (Å²) in [5, 5.41) is 4.97. The number of carbonyl (C=O) groups excluding carboxylic acids is 2. The second kappa shape index (κ2) is 6.06. The van der Waals surface area contributed by atoms with E-state index in [0.29, 0.717) is 19.6 Å². The first-order valence-electron chi connectivity index (χ1n) is 6.43. The molecule has 0 unspecified atom stereocenters. The van der Waals surface area contributed by atoms with Gasteiger partial charge < -0.3 is 16.0 Å². The van der Waals surface area contributed by atoms with Gasteiger partial charge in [-0.15, -0.1) is 11.3 Å². The van der Waals surface area contributed by atoms with Crippen LogP contribution in [0.5, 0.6) is 0 Å². The molecule has 1 aromatic heterocycles. The van der Waals surface area contributed by atoms with Crippen LogP contribution in [0.1, 0.15) is 23.3 Å². The Kier molecular flexibility index (Phi) is 4.42. The van der Waals surface area contributed by atoms with Crippen LogP contribution in [0.3, 0.4) is 0 Å². The number of hydrogen-bond acceptors (Lipinski definition) is 3. The molecule has 3 amide bonds. The van der Waals surface area contributed by atoms with Gasteiger partial charge in [0.05, 0.1) is 12.5 Å². The van der Waals surface area contributed by atoms with Crippen LogP contribution in [-0.2, 0) is 11.3 Å². The summed E-state index contributed by atoms with van der Waals surface area (Å²) in [5.41, 5.74) is 6.46. The molecular formula is C13H19N3O2S. The second-order valence-corrected chi connectivity index (χ2v) is 5.87. The van der Waals surface area contributed by atoms with Gasteiger partial charge in [-0.2, -0.15) is 0 Å². The highest BCUT2D eigenvalue weighted by atomic mass is 32.1. The number of amides is 3. The third-order valence-corrected chi connectivity index (χ3v) is 4.52. The van der Waals surface area contributed by atoms with E-state index in [1.807, 2.05) is 18.4 Å². The van der Waals surface area contributed by atoms with E-state index in [4.69, 9.17) is 5.73 Å². The van der Waals surface area contributed by atoms with E-state index in [1.54, 1.807) is 16.2 Å². The zero-order valence-corrected chi connectivity index (χ0v) is 11.8. The van der Waals surface area contributed by atoms with Crippen molar-refractivity contribution in [3.05, 3.63) is 21.9 Å². The lowest BCUT2D eigenvalue weighted by Crippen LogP contribution is -2.47. The number of hydrogen-bond donors (Lipinski definition) is 2. The zero-order chi connectivity index (χ0) is 13.8. The van der Waals surface area contributed by atoms with Gasteiger partial charge in [-0.1, -0.05) is 0 Å². The molecule has 104 valence electrons. The lowest BCUT2D eigenvalue weighted by atomic mass is 9.97. The van der Waals surface area contributed by atoms with Crippen LogP contribution in [0.15, 0.2) is 11.4 Å². The Morgan fingerprint density at radius 2 is 2.37 bits per heavy atom. The molecule has 2 rings (SSSR count). The van der Waals surface area contributed by atoms with Gasteiger partial charge in [-0.25, -0.2) is 4.79 Å². The zero-order valence-electron chi connectivity index (χ0n) is 11.0. The van der Waals surface area contributed by atoms with Gasteiger partial charge in [0.15, 0.2) is 0 Å². The molecule has 1 aliphatic heterocycles. The van der Waals surface area contributed by atoms with E-state index in [-0.39, 0.29) is 11.8 Å². The van der Waals surface area contributed by atoms with E-state index in [2.05, 4.69) is 5.32 Å². The van der Waals surface area contributed by atoms with E-state index < -0.39 is 6.03 Å². The first-order valence-corrected chi connectivity index (χ1v) is 7.31. The minimum atomic E-state index is -0.438. The van der Waals surface area contributed by atoms with E-state index in [9.17, 15) is 9.59 Å². The maximum atomic E-state index is 12.1. The van der Waals surface area contributed by atoms with Crippen LogP contribution >= 0.6 is 11.3 Å². The lowest BCUT2D eigenvalue weighted by Gasteiger charge is -2.30. The summed E-state index contributed by atoms with van der Waals surface area (Å²) < 4.78 is 0. The quantitative estimate of drug-likeness (QED) is 0.880. The molecule has 1 aromatic rings. The smallest absolute Gasteiger partial charge is 0.314 e. The van der Waals surface area contributed by atoms with Crippen molar-refractivity contribution in [2.24, 2.45) is 11.7 Å². The molecule has 0 bridgehead atoms. The third-order valence-electron chi connectivity index (χ3n) is 3.50. The maximum absolute atomic E-state index is 12.1. The van der Waals surface area contributed by atoms with Crippen molar-refractivity contribution in [1.82, 2.24) is 10.2 Å². The molecule has 2 heterocycles. The van der Waals surface area contributed by atoms with Crippen molar-refractivity contribution >= 4 is 23.3 Å². The average molecular weight is 281 g/mol. The topological polar surface area (TPSA) is 75.4 Å². The standard InChI is InChI=1S/C13H19N3O2S/c1-9-4-6-19-11(9)7-15-12(17)10-3-2-5-16(8-10)13(14)18/h4,6,10H,2-3,5,7-8H2,1H3,(H2,14,18)(H,15,17)/t10-/m1/s1. The van der Waals surface area contributed by atoms with Crippen molar-refractivity contribution in [3.8, 4) is 0 Å². The fraction of sp³-hybridized carbons (Fsp3) is 0.538. The molecular weight excluding hydrogens is 262 g/mol. The number of likely N-dealkylation sites (tertiary alicyclic amines) is 1. The molecule has 1 aliphatic rings. The molecule has 19 heavy (non-hydrogen) atoms. The van der Waals surface area contributed by atoms with Crippen LogP contribution in [0.4, 0.5) is 4.79 Å². The van der Waals surface area contributed by atoms with Crippen LogP contribution in [0.25, 0.3) is 0 Å². The van der Waals surface area contributed by atoms with Gasteiger partial charge >= 0.3 is 6.03 Å². The molecule has 0 spiro atoms. The highest BCUT2D eigenvalue weighted by Crippen LogP contribution is 2.18. The van der Waals surface area contributed by atoms with Crippen molar-refractivity contribution in [2.75, 3.05) is 13.1 Å². The molecule has 3 N–H and O–H groups in total. The molecule has 1 fully saturated rings. The third kappa shape index (κ3) is 3.47. The van der Waals surface area contributed by atoms with Gasteiger partial charge in [-0.05, 0) is 36.8 Å². The fourth-order valence-electron chi connectivity index (χ4n) is 2.29. The molecule has 0 aliphatic carbocycles. The fourth-order valence-corrected chi connectivity index (χ4v) is 3.13. The summed E-state index contributed by atoms with van der Waals surface area (Å²) in [6.45, 7) is 3.69. The van der Waals surface area contributed by atoms with Gasteiger partial charge in [-0.3, -0.25) is 4.79 Å². The van der Waals surface area contributed by atoms with Crippen molar-refractivity contribution in [3.63, 3.8) is 0 Å². The Hall–Kier alpha value is -1.56. The number of carbonyl (C=O) groups is 2. The largest absolute Gasteiger partial charge is 0.351 e. The van der Waals surface area contributed by atoms with Gasteiger partial charge in [0, 0.05) is 18.0 Å². The van der Waals surface area contributed by atoms with Gasteiger partial charge in [0.1, 0.15) is 0 Å². The molecule has 6 heteroatoms. The Morgan fingerprint density at radius 1 is 1.58 bits per heavy atom. The van der Waals surface area contributed by atoms with Crippen LogP contribution in [0.2, 0.25) is 0 Å². The minimum Gasteiger partial charge on any atom is -0.351 e. The Bertz CT molecular complexity index is 472. The predicted octanol–water partition coefficient (Wildman–Crippen LogP) is 1.46. The monoisotopic (exact) mass is 281 g/mol. The molecule has 0 aromatic carbocycles. The van der Waals surface area contributed by atoms with Crippen LogP contribution in [-0.4, -0.2) is 29.9 Å². The molecule has 0 radical (unpaired) electrons. The summed E-state index contributed by atoms with van der Waals surface area (Å²) in [4.78, 5) is 25.9. The van der Waals surface area contributed by atoms with Crippen LogP contribution < -0.4 is 11.1 Å². The highest BCUT2D eigenvalue weighted by molar-refractivity contribution is 7.10. The average Bonchev–Trinajstić information content (AvgIpc) is 2.81. The summed E-state index contributed by atoms with van der Waals surface area (Å²) >= 11 is 1.64. The molecule has 1 atom stereocenters. The SMILES string of the molecule is Cc1ccsc1CNC(=O)[C@@H]1CCCN(C(N)=O)C1. The number of nitrogens with zero attached hydrogens (tertiary/aromatic N) is 1. The number of nitrogens with one attached hydrogen (secondary N) is 1. The Balaban J connectivity index is 1.86. The van der Waals surface area contributed by atoms with Gasteiger partial charge in [0.25, 0.3) is 0 Å². The molecule has 0 saturated carbocycles. The summed E-state index contributed by atoms with van der Waals surface area (Å²) in [7, 11) is 0. The van der Waals surface area contributed by atoms with Gasteiger partial charge in [0.2, 0.25) is 5.91 Å². The number of rotatable bonds is 3. The minimum absolute atomic E-state index is 0.0127. The van der Waals surface area contributed by atoms with E-state index in [0.717, 1.165) is 12.8 Å². The Morgan fingerprint density at radius 3 is 3.00 bits per heavy atom. The number of urea groups is 1. The highest BCUT2D eigenvalue weighted by Gasteiger charge is 2.27. The summed E-state index contributed by atoms with van der Waals surface area (Å²) in [6.07, 6.45) is 1.65. The van der Waals surface area contributed by atoms with Crippen molar-refractivity contribution < 1.29 is 9.59 Å². The number of aryl methyl sites for hydroxylation is 1. The number of primary amides is 1. The van der Waals surface area contributed by atoms with Crippen LogP contribution in [0, 0.1) is 12.8 Å². The number of thiophene rings is 1. The van der Waals surface area contributed by atoms with Crippen molar-refractivity contribution in [1.29, 1.82) is 0 Å².